The van der Waals surface area contributed by atoms with Gasteiger partial charge in [-0.05, 0) is 24.5 Å². The van der Waals surface area contributed by atoms with Gasteiger partial charge in [-0.3, -0.25) is 4.79 Å². The lowest BCUT2D eigenvalue weighted by Crippen LogP contribution is -2.34. The van der Waals surface area contributed by atoms with Gasteiger partial charge in [0.1, 0.15) is 5.82 Å². The number of nitrogens with zero attached hydrogens (tertiary/aromatic N) is 3. The van der Waals surface area contributed by atoms with Gasteiger partial charge in [0.2, 0.25) is 5.82 Å². The van der Waals surface area contributed by atoms with Gasteiger partial charge in [0.15, 0.2) is 0 Å². The fourth-order valence-electron chi connectivity index (χ4n) is 3.11. The Bertz CT molecular complexity index is 756. The van der Waals surface area contributed by atoms with E-state index in [1.165, 1.54) is 0 Å². The lowest BCUT2D eigenvalue weighted by atomic mass is 10.0. The van der Waals surface area contributed by atoms with Crippen LogP contribution in [-0.4, -0.2) is 51.5 Å². The zero-order valence-corrected chi connectivity index (χ0v) is 14.9. The molecule has 3 N–H and O–H groups in total. The molecule has 2 atom stereocenters. The number of aliphatic hydroxyl groups is 1. The van der Waals surface area contributed by atoms with E-state index in [-0.39, 0.29) is 17.6 Å². The Hall–Kier alpha value is -2.25. The SMILES string of the molecule is Cc1nc(C(=O)NCC2CNCC2O)nn1-c1ccccc1C(C)C. The van der Waals surface area contributed by atoms with Crippen LogP contribution in [0.25, 0.3) is 5.69 Å². The predicted octanol–water partition coefficient (Wildman–Crippen LogP) is 1.01. The molecule has 0 radical (unpaired) electrons. The van der Waals surface area contributed by atoms with Crippen LogP contribution >= 0.6 is 0 Å². The maximum Gasteiger partial charge on any atom is 0.290 e. The number of β-amino-alcohol motifs (C(OH)–C–C–N with tert-alkyl or cyclic N) is 1. The molecular weight excluding hydrogens is 318 g/mol. The van der Waals surface area contributed by atoms with Crippen LogP contribution in [0, 0.1) is 12.8 Å². The molecule has 0 bridgehead atoms. The van der Waals surface area contributed by atoms with Crippen LogP contribution in [0.4, 0.5) is 0 Å². The highest BCUT2D eigenvalue weighted by atomic mass is 16.3. The van der Waals surface area contributed by atoms with Crippen molar-refractivity contribution in [2.45, 2.75) is 32.8 Å². The number of aromatic nitrogens is 3. The van der Waals surface area contributed by atoms with Crippen LogP contribution in [-0.2, 0) is 0 Å². The summed E-state index contributed by atoms with van der Waals surface area (Å²) in [6.07, 6.45) is -0.425. The van der Waals surface area contributed by atoms with Gasteiger partial charge in [-0.2, -0.15) is 0 Å². The van der Waals surface area contributed by atoms with Gasteiger partial charge in [0.25, 0.3) is 5.91 Å². The lowest BCUT2D eigenvalue weighted by molar-refractivity contribution is 0.0917. The number of aryl methyl sites for hydroxylation is 1. The van der Waals surface area contributed by atoms with Crippen molar-refractivity contribution in [1.29, 1.82) is 0 Å². The number of para-hydroxylation sites is 1. The maximum atomic E-state index is 12.4. The minimum atomic E-state index is -0.425. The zero-order valence-electron chi connectivity index (χ0n) is 14.9. The molecule has 2 unspecified atom stereocenters. The van der Waals surface area contributed by atoms with E-state index >= 15 is 0 Å². The van der Waals surface area contributed by atoms with Gasteiger partial charge in [-0.1, -0.05) is 32.0 Å². The van der Waals surface area contributed by atoms with E-state index in [0.717, 1.165) is 11.3 Å². The first kappa shape index (κ1) is 17.6. The van der Waals surface area contributed by atoms with E-state index in [1.54, 1.807) is 4.68 Å². The fourth-order valence-corrected chi connectivity index (χ4v) is 3.11. The molecule has 134 valence electrons. The van der Waals surface area contributed by atoms with Crippen LogP contribution in [0.5, 0.6) is 0 Å². The molecule has 1 aliphatic heterocycles. The maximum absolute atomic E-state index is 12.4. The molecule has 0 aliphatic carbocycles. The van der Waals surface area contributed by atoms with Crippen molar-refractivity contribution in [3.05, 3.63) is 41.5 Å². The first-order chi connectivity index (χ1) is 12.0. The van der Waals surface area contributed by atoms with Crippen LogP contribution in [0.3, 0.4) is 0 Å². The summed E-state index contributed by atoms with van der Waals surface area (Å²) < 4.78 is 1.72. The summed E-state index contributed by atoms with van der Waals surface area (Å²) in [7, 11) is 0. The van der Waals surface area contributed by atoms with Crippen molar-refractivity contribution in [3.63, 3.8) is 0 Å². The minimum absolute atomic E-state index is 0.0220. The third kappa shape index (κ3) is 3.72. The Morgan fingerprint density at radius 2 is 2.16 bits per heavy atom. The van der Waals surface area contributed by atoms with Gasteiger partial charge >= 0.3 is 0 Å². The van der Waals surface area contributed by atoms with Gasteiger partial charge < -0.3 is 15.7 Å². The van der Waals surface area contributed by atoms with Crippen LogP contribution < -0.4 is 10.6 Å². The molecule has 7 nitrogen and oxygen atoms in total. The van der Waals surface area contributed by atoms with Crippen molar-refractivity contribution >= 4 is 5.91 Å². The third-order valence-corrected chi connectivity index (χ3v) is 4.59. The summed E-state index contributed by atoms with van der Waals surface area (Å²) in [6.45, 7) is 7.76. The first-order valence-corrected chi connectivity index (χ1v) is 8.67. The van der Waals surface area contributed by atoms with E-state index < -0.39 is 6.10 Å². The number of carbonyl (C=O) groups is 1. The summed E-state index contributed by atoms with van der Waals surface area (Å²) in [5.41, 5.74) is 2.10. The molecule has 0 saturated carbocycles. The first-order valence-electron chi connectivity index (χ1n) is 8.67. The predicted molar refractivity (Wildman–Crippen MR) is 94.9 cm³/mol. The van der Waals surface area contributed by atoms with Crippen LogP contribution in [0.1, 0.15) is 41.8 Å². The van der Waals surface area contributed by atoms with E-state index in [2.05, 4.69) is 40.6 Å². The number of hydrogen-bond donors (Lipinski definition) is 3. The Morgan fingerprint density at radius 3 is 2.84 bits per heavy atom. The van der Waals surface area contributed by atoms with Crippen molar-refractivity contribution in [3.8, 4) is 5.69 Å². The van der Waals surface area contributed by atoms with Gasteiger partial charge in [0, 0.05) is 25.6 Å². The number of amides is 1. The van der Waals surface area contributed by atoms with E-state index in [9.17, 15) is 9.90 Å². The normalized spacial score (nSPS) is 20.2. The standard InChI is InChI=1S/C18H25N5O2/c1-11(2)14-6-4-5-7-15(14)23-12(3)21-17(22-23)18(25)20-9-13-8-19-10-16(13)24/h4-7,11,13,16,19,24H,8-10H2,1-3H3,(H,20,25). The quantitative estimate of drug-likeness (QED) is 0.753. The minimum Gasteiger partial charge on any atom is -0.391 e. The molecule has 2 heterocycles. The summed E-state index contributed by atoms with van der Waals surface area (Å²) in [5, 5.41) is 20.1. The number of rotatable bonds is 5. The number of benzene rings is 1. The van der Waals surface area contributed by atoms with Gasteiger partial charge in [0.05, 0.1) is 11.8 Å². The summed E-state index contributed by atoms with van der Waals surface area (Å²) in [5.74, 6) is 0.863. The van der Waals surface area contributed by atoms with Crippen LogP contribution in [0.2, 0.25) is 0 Å². The highest BCUT2D eigenvalue weighted by molar-refractivity contribution is 5.90. The molecule has 1 fully saturated rings. The number of hydrogen-bond acceptors (Lipinski definition) is 5. The fraction of sp³-hybridized carbons (Fsp3) is 0.500. The Morgan fingerprint density at radius 1 is 1.40 bits per heavy atom. The van der Waals surface area contributed by atoms with E-state index in [1.807, 2.05) is 25.1 Å². The molecule has 1 amide bonds. The Kier molecular flexibility index (Phi) is 5.15. The molecule has 25 heavy (non-hydrogen) atoms. The molecule has 1 aliphatic rings. The number of aliphatic hydroxyl groups excluding tert-OH is 1. The number of nitrogens with one attached hydrogen (secondary N) is 2. The van der Waals surface area contributed by atoms with Crippen molar-refractivity contribution < 1.29 is 9.90 Å². The lowest BCUT2D eigenvalue weighted by Gasteiger charge is -2.13. The largest absolute Gasteiger partial charge is 0.391 e. The monoisotopic (exact) mass is 343 g/mol. The molecule has 1 aromatic carbocycles. The molecule has 0 spiro atoms. The zero-order chi connectivity index (χ0) is 18.0. The molecular formula is C18H25N5O2. The van der Waals surface area contributed by atoms with Crippen LogP contribution in [0.15, 0.2) is 24.3 Å². The molecule has 3 rings (SSSR count). The summed E-state index contributed by atoms with van der Waals surface area (Å²) >= 11 is 0. The molecule has 7 heteroatoms. The second kappa shape index (κ2) is 7.33. The highest BCUT2D eigenvalue weighted by Crippen LogP contribution is 2.23. The summed E-state index contributed by atoms with van der Waals surface area (Å²) in [6, 6.07) is 8.00. The molecule has 2 aromatic rings. The Labute approximate surface area is 147 Å². The molecule has 1 aromatic heterocycles. The topological polar surface area (TPSA) is 92.1 Å². The molecule has 1 saturated heterocycles. The average Bonchev–Trinajstić information content (AvgIpc) is 3.18. The highest BCUT2D eigenvalue weighted by Gasteiger charge is 2.26. The van der Waals surface area contributed by atoms with Crippen molar-refractivity contribution in [2.75, 3.05) is 19.6 Å². The van der Waals surface area contributed by atoms with Gasteiger partial charge in [-0.25, -0.2) is 9.67 Å². The van der Waals surface area contributed by atoms with Gasteiger partial charge in [-0.15, -0.1) is 5.10 Å². The van der Waals surface area contributed by atoms with Crippen molar-refractivity contribution in [1.82, 2.24) is 25.4 Å². The summed E-state index contributed by atoms with van der Waals surface area (Å²) in [4.78, 5) is 16.7. The Balaban J connectivity index is 1.77. The smallest absolute Gasteiger partial charge is 0.290 e. The third-order valence-electron chi connectivity index (χ3n) is 4.59. The second-order valence-electron chi connectivity index (χ2n) is 6.80. The second-order valence-corrected chi connectivity index (χ2v) is 6.80. The van der Waals surface area contributed by atoms with E-state index in [4.69, 9.17) is 0 Å². The average molecular weight is 343 g/mol. The number of carbonyl (C=O) groups excluding carboxylic acids is 1. The van der Waals surface area contributed by atoms with E-state index in [0.29, 0.717) is 31.4 Å². The van der Waals surface area contributed by atoms with Crippen molar-refractivity contribution in [2.24, 2.45) is 5.92 Å².